The van der Waals surface area contributed by atoms with Gasteiger partial charge in [0, 0.05) is 19.5 Å². The lowest BCUT2D eigenvalue weighted by atomic mass is 10.1. The number of carbonyl (C=O) groups excluding carboxylic acids is 2. The maximum Gasteiger partial charge on any atom is 0.255 e. The van der Waals surface area contributed by atoms with Crippen LogP contribution in [-0.2, 0) is 4.79 Å². The second-order valence-electron chi connectivity index (χ2n) is 3.70. The maximum atomic E-state index is 11.7. The molecular formula is C12H17N3O3. The second-order valence-corrected chi connectivity index (χ2v) is 3.70. The fourth-order valence-electron chi connectivity index (χ4n) is 1.41. The molecule has 5 N–H and O–H groups in total. The first-order chi connectivity index (χ1) is 8.56. The molecule has 0 unspecified atom stereocenters. The number of phenolic OH excluding ortho intramolecular Hbond substituents is 1. The van der Waals surface area contributed by atoms with Gasteiger partial charge in [-0.1, -0.05) is 6.07 Å². The second kappa shape index (κ2) is 6.48. The third-order valence-electron chi connectivity index (χ3n) is 2.32. The molecule has 0 aromatic heterocycles. The van der Waals surface area contributed by atoms with Crippen LogP contribution in [0.25, 0.3) is 0 Å². The van der Waals surface area contributed by atoms with E-state index in [1.165, 1.54) is 12.1 Å². The molecule has 6 heteroatoms. The number of carbonyl (C=O) groups is 2. The van der Waals surface area contributed by atoms with Crippen LogP contribution in [0.2, 0.25) is 0 Å². The maximum absolute atomic E-state index is 11.7. The van der Waals surface area contributed by atoms with E-state index in [0.717, 1.165) is 0 Å². The lowest BCUT2D eigenvalue weighted by Crippen LogP contribution is -2.30. The molecule has 6 nitrogen and oxygen atoms in total. The monoisotopic (exact) mass is 251 g/mol. The standard InChI is InChI=1S/C12H17N3O3/c1-2-14-10(16)6-7-15-12(18)8-4-3-5-9(13)11(8)17/h3-5,17H,2,6-7,13H2,1H3,(H,14,16)(H,15,18). The van der Waals surface area contributed by atoms with E-state index in [1.807, 2.05) is 6.92 Å². The molecule has 0 saturated carbocycles. The first kappa shape index (κ1) is 13.8. The molecule has 0 aliphatic heterocycles. The Labute approximate surface area is 105 Å². The highest BCUT2D eigenvalue weighted by atomic mass is 16.3. The van der Waals surface area contributed by atoms with Gasteiger partial charge in [0.2, 0.25) is 5.91 Å². The van der Waals surface area contributed by atoms with Crippen molar-refractivity contribution in [2.24, 2.45) is 0 Å². The number of nitrogens with one attached hydrogen (secondary N) is 2. The van der Waals surface area contributed by atoms with Gasteiger partial charge in [0.15, 0.2) is 5.75 Å². The summed E-state index contributed by atoms with van der Waals surface area (Å²) < 4.78 is 0. The van der Waals surface area contributed by atoms with Gasteiger partial charge in [-0.15, -0.1) is 0 Å². The van der Waals surface area contributed by atoms with E-state index in [4.69, 9.17) is 5.73 Å². The number of aromatic hydroxyl groups is 1. The smallest absolute Gasteiger partial charge is 0.255 e. The van der Waals surface area contributed by atoms with E-state index in [1.54, 1.807) is 6.07 Å². The zero-order valence-corrected chi connectivity index (χ0v) is 10.2. The molecule has 0 heterocycles. The van der Waals surface area contributed by atoms with E-state index >= 15 is 0 Å². The normalized spacial score (nSPS) is 9.83. The van der Waals surface area contributed by atoms with E-state index in [2.05, 4.69) is 10.6 Å². The number of para-hydroxylation sites is 1. The zero-order valence-electron chi connectivity index (χ0n) is 10.2. The molecule has 18 heavy (non-hydrogen) atoms. The highest BCUT2D eigenvalue weighted by molar-refractivity contribution is 5.98. The summed E-state index contributed by atoms with van der Waals surface area (Å²) in [5.74, 6) is -0.827. The Morgan fingerprint density at radius 1 is 1.33 bits per heavy atom. The lowest BCUT2D eigenvalue weighted by Gasteiger charge is -2.08. The Bertz CT molecular complexity index is 446. The van der Waals surface area contributed by atoms with Crippen LogP contribution in [0.4, 0.5) is 5.69 Å². The number of hydrogen-bond donors (Lipinski definition) is 4. The van der Waals surface area contributed by atoms with E-state index in [9.17, 15) is 14.7 Å². The number of nitrogens with two attached hydrogens (primary N) is 1. The van der Waals surface area contributed by atoms with Gasteiger partial charge in [-0.2, -0.15) is 0 Å². The van der Waals surface area contributed by atoms with Crippen LogP contribution in [0.1, 0.15) is 23.7 Å². The summed E-state index contributed by atoms with van der Waals surface area (Å²) in [6, 6.07) is 4.54. The highest BCUT2D eigenvalue weighted by Gasteiger charge is 2.12. The molecule has 0 bridgehead atoms. The topological polar surface area (TPSA) is 104 Å². The van der Waals surface area contributed by atoms with Crippen molar-refractivity contribution in [3.8, 4) is 5.75 Å². The summed E-state index contributed by atoms with van der Waals surface area (Å²) in [5, 5.41) is 14.8. The fourth-order valence-corrected chi connectivity index (χ4v) is 1.41. The Balaban J connectivity index is 2.51. The van der Waals surface area contributed by atoms with Crippen molar-refractivity contribution in [2.75, 3.05) is 18.8 Å². The first-order valence-electron chi connectivity index (χ1n) is 5.68. The highest BCUT2D eigenvalue weighted by Crippen LogP contribution is 2.23. The molecule has 1 aromatic rings. The van der Waals surface area contributed by atoms with Crippen LogP contribution in [-0.4, -0.2) is 30.0 Å². The predicted octanol–water partition coefficient (Wildman–Crippen LogP) is 0.230. The van der Waals surface area contributed by atoms with Crippen molar-refractivity contribution in [2.45, 2.75) is 13.3 Å². The summed E-state index contributed by atoms with van der Waals surface area (Å²) in [5.41, 5.74) is 5.73. The summed E-state index contributed by atoms with van der Waals surface area (Å²) in [6.07, 6.45) is 0.197. The number of anilines is 1. The zero-order chi connectivity index (χ0) is 13.5. The van der Waals surface area contributed by atoms with Crippen molar-refractivity contribution in [1.82, 2.24) is 10.6 Å². The van der Waals surface area contributed by atoms with Crippen molar-refractivity contribution in [3.05, 3.63) is 23.8 Å². The van der Waals surface area contributed by atoms with Crippen molar-refractivity contribution in [3.63, 3.8) is 0 Å². The van der Waals surface area contributed by atoms with Gasteiger partial charge in [-0.05, 0) is 19.1 Å². The first-order valence-corrected chi connectivity index (χ1v) is 5.68. The van der Waals surface area contributed by atoms with Gasteiger partial charge in [-0.3, -0.25) is 9.59 Å². The number of hydrogen-bond acceptors (Lipinski definition) is 4. The van der Waals surface area contributed by atoms with Crippen molar-refractivity contribution in [1.29, 1.82) is 0 Å². The summed E-state index contributed by atoms with van der Waals surface area (Å²) in [7, 11) is 0. The largest absolute Gasteiger partial charge is 0.505 e. The van der Waals surface area contributed by atoms with Gasteiger partial charge in [0.05, 0.1) is 11.3 Å². The summed E-state index contributed by atoms with van der Waals surface area (Å²) in [6.45, 7) is 2.59. The summed E-state index contributed by atoms with van der Waals surface area (Å²) >= 11 is 0. The predicted molar refractivity (Wildman–Crippen MR) is 68.2 cm³/mol. The van der Waals surface area contributed by atoms with Crippen LogP contribution in [0.3, 0.4) is 0 Å². The van der Waals surface area contributed by atoms with Gasteiger partial charge in [-0.25, -0.2) is 0 Å². The average molecular weight is 251 g/mol. The van der Waals surface area contributed by atoms with Gasteiger partial charge in [0.1, 0.15) is 0 Å². The Kier molecular flexibility index (Phi) is 4.98. The lowest BCUT2D eigenvalue weighted by molar-refractivity contribution is -0.120. The van der Waals surface area contributed by atoms with Gasteiger partial charge < -0.3 is 21.5 Å². The number of rotatable bonds is 5. The van der Waals surface area contributed by atoms with Crippen LogP contribution < -0.4 is 16.4 Å². The minimum absolute atomic E-state index is 0.103. The van der Waals surface area contributed by atoms with E-state index < -0.39 is 5.91 Å². The van der Waals surface area contributed by atoms with Crippen LogP contribution >= 0.6 is 0 Å². The molecule has 0 aliphatic rings. The molecule has 98 valence electrons. The Morgan fingerprint density at radius 2 is 2.06 bits per heavy atom. The van der Waals surface area contributed by atoms with E-state index in [0.29, 0.717) is 6.54 Å². The minimum atomic E-state index is -0.455. The number of nitrogen functional groups attached to an aromatic ring is 1. The SMILES string of the molecule is CCNC(=O)CCNC(=O)c1cccc(N)c1O. The quantitative estimate of drug-likeness (QED) is 0.444. The number of phenols is 1. The van der Waals surface area contributed by atoms with Crippen LogP contribution in [0.5, 0.6) is 5.75 Å². The van der Waals surface area contributed by atoms with Crippen molar-refractivity contribution < 1.29 is 14.7 Å². The number of amides is 2. The molecule has 0 fully saturated rings. The van der Waals surface area contributed by atoms with Gasteiger partial charge >= 0.3 is 0 Å². The molecule has 0 atom stereocenters. The molecule has 0 radical (unpaired) electrons. The Morgan fingerprint density at radius 3 is 2.72 bits per heavy atom. The third kappa shape index (κ3) is 3.65. The number of benzene rings is 1. The molecule has 1 rings (SSSR count). The fraction of sp³-hybridized carbons (Fsp3) is 0.333. The van der Waals surface area contributed by atoms with Gasteiger partial charge in [0.25, 0.3) is 5.91 Å². The molecular weight excluding hydrogens is 234 g/mol. The molecule has 2 amide bonds. The third-order valence-corrected chi connectivity index (χ3v) is 2.32. The molecule has 0 saturated heterocycles. The molecule has 1 aromatic carbocycles. The molecule has 0 spiro atoms. The van der Waals surface area contributed by atoms with Crippen LogP contribution in [0, 0.1) is 0 Å². The minimum Gasteiger partial charge on any atom is -0.505 e. The average Bonchev–Trinajstić information content (AvgIpc) is 2.33. The van der Waals surface area contributed by atoms with Crippen LogP contribution in [0.15, 0.2) is 18.2 Å². The molecule has 0 aliphatic carbocycles. The Hall–Kier alpha value is -2.24. The van der Waals surface area contributed by atoms with E-state index in [-0.39, 0.29) is 35.9 Å². The summed E-state index contributed by atoms with van der Waals surface area (Å²) in [4.78, 5) is 22.8. The van der Waals surface area contributed by atoms with Crippen molar-refractivity contribution >= 4 is 17.5 Å².